The Balaban J connectivity index is 2.25. The molecule has 10 heteroatoms. The zero-order chi connectivity index (χ0) is 16.1. The molecule has 0 aliphatic carbocycles. The number of thioether (sulfide) groups is 1. The van der Waals surface area contributed by atoms with E-state index < -0.39 is 36.4 Å². The van der Waals surface area contributed by atoms with Crippen LogP contribution < -0.4 is 0 Å². The van der Waals surface area contributed by atoms with Crippen molar-refractivity contribution in [3.63, 3.8) is 0 Å². The predicted molar refractivity (Wildman–Crippen MR) is 80.6 cm³/mol. The van der Waals surface area contributed by atoms with Gasteiger partial charge >= 0.3 is 0 Å². The number of rotatable bonds is 5. The Bertz CT molecular complexity index is 560. The summed E-state index contributed by atoms with van der Waals surface area (Å²) in [5.74, 6) is 0. The summed E-state index contributed by atoms with van der Waals surface area (Å²) in [6, 6.07) is 0.835. The third-order valence-corrected chi connectivity index (χ3v) is 4.53. The van der Waals surface area contributed by atoms with Crippen LogP contribution in [0, 0.1) is 0 Å². The number of aliphatic hydroxyl groups excluding tert-OH is 2. The summed E-state index contributed by atoms with van der Waals surface area (Å²) >= 11 is 7.16. The minimum absolute atomic E-state index is 0.403. The van der Waals surface area contributed by atoms with Crippen molar-refractivity contribution in [2.75, 3.05) is 13.7 Å². The van der Waals surface area contributed by atoms with Crippen LogP contribution in [0.1, 0.15) is 0 Å². The Morgan fingerprint density at radius 2 is 2.36 bits per heavy atom. The molecule has 0 saturated carbocycles. The molecule has 1 aromatic rings. The van der Waals surface area contributed by atoms with Crippen LogP contribution in [0.15, 0.2) is 28.5 Å². The molecule has 1 aliphatic heterocycles. The van der Waals surface area contributed by atoms with Gasteiger partial charge in [0.05, 0.1) is 23.8 Å². The number of aromatic nitrogens is 1. The molecule has 1 aromatic heterocycles. The zero-order valence-electron chi connectivity index (χ0n) is 11.6. The second kappa shape index (κ2) is 7.98. The maximum Gasteiger partial charge on any atom is 0.134 e. The maximum absolute atomic E-state index is 10.1. The first-order chi connectivity index (χ1) is 10.6. The van der Waals surface area contributed by atoms with E-state index in [1.807, 2.05) is 0 Å². The summed E-state index contributed by atoms with van der Waals surface area (Å²) in [6.07, 6.45) is 0.405. The number of pyridine rings is 1. The first-order valence-corrected chi connectivity index (χ1v) is 7.65. The van der Waals surface area contributed by atoms with E-state index in [1.54, 1.807) is 12.3 Å². The average molecular weight is 347 g/mol. The molecule has 0 bridgehead atoms. The van der Waals surface area contributed by atoms with Gasteiger partial charge in [0.2, 0.25) is 0 Å². The lowest BCUT2D eigenvalue weighted by Gasteiger charge is -2.41. The summed E-state index contributed by atoms with van der Waals surface area (Å²) in [5.41, 5.74) is 8.08. The van der Waals surface area contributed by atoms with Gasteiger partial charge in [0, 0.05) is 29.3 Å². The van der Waals surface area contributed by atoms with Crippen molar-refractivity contribution in [3.05, 3.63) is 33.9 Å². The molecule has 0 amide bonds. The van der Waals surface area contributed by atoms with E-state index in [9.17, 15) is 10.2 Å². The smallest absolute Gasteiger partial charge is 0.134 e. The molecule has 120 valence electrons. The van der Waals surface area contributed by atoms with E-state index in [0.717, 1.165) is 4.90 Å². The third kappa shape index (κ3) is 3.82. The molecule has 0 radical (unpaired) electrons. The van der Waals surface area contributed by atoms with E-state index in [-0.39, 0.29) is 0 Å². The van der Waals surface area contributed by atoms with Crippen LogP contribution >= 0.6 is 23.4 Å². The van der Waals surface area contributed by atoms with Gasteiger partial charge in [-0.2, -0.15) is 0 Å². The fourth-order valence-electron chi connectivity index (χ4n) is 2.19. The molecule has 1 saturated heterocycles. The SMILES string of the molecule is CO[C@@H]1C(N=[N+]=[N-])[C@@H](O)C(CO)O[C@@H]1Sc1cncc(Cl)c1. The third-order valence-electron chi connectivity index (χ3n) is 3.21. The van der Waals surface area contributed by atoms with Crippen molar-refractivity contribution in [1.29, 1.82) is 0 Å². The minimum Gasteiger partial charge on any atom is -0.394 e. The molecular formula is C12H15ClN4O4S. The molecule has 1 aliphatic rings. The number of hydrogen-bond acceptors (Lipinski definition) is 7. The average Bonchev–Trinajstić information content (AvgIpc) is 2.50. The van der Waals surface area contributed by atoms with Crippen molar-refractivity contribution < 1.29 is 19.7 Å². The Hall–Kier alpha value is -1.06. The molecule has 0 aromatic carbocycles. The van der Waals surface area contributed by atoms with Gasteiger partial charge < -0.3 is 19.7 Å². The Labute approximate surface area is 136 Å². The predicted octanol–water partition coefficient (Wildman–Crippen LogP) is 1.60. The second-order valence-electron chi connectivity index (χ2n) is 4.57. The van der Waals surface area contributed by atoms with E-state index >= 15 is 0 Å². The fraction of sp³-hybridized carbons (Fsp3) is 0.583. The standard InChI is InChI=1S/C12H15ClN4O4S/c1-20-11-9(16-17-14)10(19)8(5-18)21-12(11)22-7-2-6(13)3-15-4-7/h2-4,8-12,18-19H,5H2,1H3/t8?,9?,10-,11+,12+/m0/s1. The van der Waals surface area contributed by atoms with Crippen molar-refractivity contribution in [1.82, 2.24) is 4.98 Å². The highest BCUT2D eigenvalue weighted by atomic mass is 35.5. The van der Waals surface area contributed by atoms with Crippen LogP contribution in [0.5, 0.6) is 0 Å². The highest BCUT2D eigenvalue weighted by Crippen LogP contribution is 2.36. The summed E-state index contributed by atoms with van der Waals surface area (Å²) in [5, 5.41) is 23.5. The number of azide groups is 1. The molecule has 5 atom stereocenters. The van der Waals surface area contributed by atoms with Gasteiger partial charge in [-0.25, -0.2) is 0 Å². The van der Waals surface area contributed by atoms with Crippen LogP contribution in [0.2, 0.25) is 5.02 Å². The normalized spacial score (nSPS) is 31.5. The summed E-state index contributed by atoms with van der Waals surface area (Å²) in [4.78, 5) is 7.45. The van der Waals surface area contributed by atoms with Gasteiger partial charge in [0.25, 0.3) is 0 Å². The lowest BCUT2D eigenvalue weighted by atomic mass is 9.98. The van der Waals surface area contributed by atoms with E-state index in [1.165, 1.54) is 25.1 Å². The first kappa shape index (κ1) is 17.3. The van der Waals surface area contributed by atoms with Crippen LogP contribution in [0.25, 0.3) is 10.4 Å². The van der Waals surface area contributed by atoms with Crippen molar-refractivity contribution in [2.45, 2.75) is 34.7 Å². The number of ether oxygens (including phenoxy) is 2. The van der Waals surface area contributed by atoms with Crippen molar-refractivity contribution in [3.8, 4) is 0 Å². The van der Waals surface area contributed by atoms with Gasteiger partial charge in [-0.15, -0.1) is 0 Å². The van der Waals surface area contributed by atoms with Gasteiger partial charge in [-0.3, -0.25) is 4.98 Å². The van der Waals surface area contributed by atoms with Crippen LogP contribution in [0.4, 0.5) is 0 Å². The molecule has 2 N–H and O–H groups in total. The first-order valence-electron chi connectivity index (χ1n) is 6.39. The lowest BCUT2D eigenvalue weighted by molar-refractivity contribution is -0.167. The largest absolute Gasteiger partial charge is 0.394 e. The van der Waals surface area contributed by atoms with E-state index in [2.05, 4.69) is 15.0 Å². The maximum atomic E-state index is 10.1. The highest BCUT2D eigenvalue weighted by Gasteiger charge is 2.45. The van der Waals surface area contributed by atoms with E-state index in [0.29, 0.717) is 5.02 Å². The molecule has 2 rings (SSSR count). The number of halogens is 1. The summed E-state index contributed by atoms with van der Waals surface area (Å²) < 4.78 is 11.0. The highest BCUT2D eigenvalue weighted by molar-refractivity contribution is 7.99. The number of methoxy groups -OCH3 is 1. The van der Waals surface area contributed by atoms with Gasteiger partial charge in [-0.1, -0.05) is 28.5 Å². The summed E-state index contributed by atoms with van der Waals surface area (Å²) in [7, 11) is 1.43. The lowest BCUT2D eigenvalue weighted by Crippen LogP contribution is -2.57. The van der Waals surface area contributed by atoms with Gasteiger partial charge in [-0.05, 0) is 11.6 Å². The van der Waals surface area contributed by atoms with Gasteiger partial charge in [0.1, 0.15) is 17.6 Å². The Kier molecular flexibility index (Phi) is 6.27. The second-order valence-corrected chi connectivity index (χ2v) is 6.18. The monoisotopic (exact) mass is 346 g/mol. The molecule has 8 nitrogen and oxygen atoms in total. The molecular weight excluding hydrogens is 332 g/mol. The molecule has 2 heterocycles. The number of hydrogen-bond donors (Lipinski definition) is 2. The van der Waals surface area contributed by atoms with Crippen LogP contribution in [0.3, 0.4) is 0 Å². The van der Waals surface area contributed by atoms with Gasteiger partial charge in [0.15, 0.2) is 0 Å². The van der Waals surface area contributed by atoms with Crippen molar-refractivity contribution in [2.24, 2.45) is 5.11 Å². The fourth-order valence-corrected chi connectivity index (χ4v) is 3.61. The topological polar surface area (TPSA) is 121 Å². The minimum atomic E-state index is -1.15. The molecule has 2 unspecified atom stereocenters. The quantitative estimate of drug-likeness (QED) is 0.474. The number of aliphatic hydroxyl groups is 2. The van der Waals surface area contributed by atoms with Crippen molar-refractivity contribution >= 4 is 23.4 Å². The Morgan fingerprint density at radius 1 is 1.59 bits per heavy atom. The Morgan fingerprint density at radius 3 is 2.95 bits per heavy atom. The molecule has 1 fully saturated rings. The molecule has 0 spiro atoms. The molecule has 22 heavy (non-hydrogen) atoms. The zero-order valence-corrected chi connectivity index (χ0v) is 13.2. The summed E-state index contributed by atoms with van der Waals surface area (Å²) in [6.45, 7) is -0.403. The van der Waals surface area contributed by atoms with Crippen LogP contribution in [-0.4, -0.2) is 58.7 Å². The van der Waals surface area contributed by atoms with Crippen LogP contribution in [-0.2, 0) is 9.47 Å². The number of nitrogens with zero attached hydrogens (tertiary/aromatic N) is 4. The van der Waals surface area contributed by atoms with E-state index in [4.69, 9.17) is 26.6 Å².